The molecule has 0 aliphatic heterocycles. The summed E-state index contributed by atoms with van der Waals surface area (Å²) in [5.41, 5.74) is 0. The van der Waals surface area contributed by atoms with Crippen molar-refractivity contribution >= 4 is 17.7 Å². The molecule has 0 aromatic heterocycles. The van der Waals surface area contributed by atoms with Gasteiger partial charge in [-0.25, -0.2) is 0 Å². The van der Waals surface area contributed by atoms with Gasteiger partial charge in [0.15, 0.2) is 0 Å². The lowest BCUT2D eigenvalue weighted by Gasteiger charge is -2.20. The lowest BCUT2D eigenvalue weighted by molar-refractivity contribution is -0.364. The topological polar surface area (TPSA) is 83.8 Å². The van der Waals surface area contributed by atoms with Crippen molar-refractivity contribution in [3.8, 4) is 0 Å². The molecule has 6 heteroatoms. The first-order valence-electron chi connectivity index (χ1n) is 4.46. The molecule has 0 aliphatic rings. The van der Waals surface area contributed by atoms with Crippen molar-refractivity contribution in [3.63, 3.8) is 0 Å². The van der Waals surface area contributed by atoms with Gasteiger partial charge in [-0.15, -0.1) is 0 Å². The summed E-state index contributed by atoms with van der Waals surface area (Å²) in [5, 5.41) is 27.2. The average molecular weight is 222 g/mol. The summed E-state index contributed by atoms with van der Waals surface area (Å²) in [6, 6.07) is -1.32. The minimum Gasteiger partial charge on any atom is -0.548 e. The lowest BCUT2D eigenvalue weighted by atomic mass is 10.1. The highest BCUT2D eigenvalue weighted by atomic mass is 32.2. The standard InChI is InChI=1S/C8H17NO4S/c1-14-6-4-2-3-5-7(8(10)11)9(12)13/h7,12-13H,2-6H2,1H3,(H,10,11)/p-1. The predicted octanol–water partition coefficient (Wildman–Crippen LogP) is 0.109. The Morgan fingerprint density at radius 1 is 1.43 bits per heavy atom. The van der Waals surface area contributed by atoms with E-state index in [0.29, 0.717) is 6.42 Å². The molecule has 0 saturated carbocycles. The highest BCUT2D eigenvalue weighted by Crippen LogP contribution is 2.08. The Morgan fingerprint density at radius 3 is 2.50 bits per heavy atom. The molecule has 1 unspecified atom stereocenters. The van der Waals surface area contributed by atoms with E-state index >= 15 is 0 Å². The minimum absolute atomic E-state index is 0.198. The van der Waals surface area contributed by atoms with E-state index in [4.69, 9.17) is 10.4 Å². The Kier molecular flexibility index (Phi) is 7.87. The molecule has 1 atom stereocenters. The smallest absolute Gasteiger partial charge is 0.102 e. The summed E-state index contributed by atoms with van der Waals surface area (Å²) >= 11 is 1.74. The third-order valence-electron chi connectivity index (χ3n) is 1.88. The van der Waals surface area contributed by atoms with Crippen LogP contribution in [0.5, 0.6) is 0 Å². The number of hydroxylamine groups is 2. The quantitative estimate of drug-likeness (QED) is 0.448. The summed E-state index contributed by atoms with van der Waals surface area (Å²) in [5.74, 6) is -0.419. The van der Waals surface area contributed by atoms with E-state index in [1.165, 1.54) is 0 Å². The van der Waals surface area contributed by atoms with Gasteiger partial charge in [-0.05, 0) is 24.9 Å². The number of nitrogens with zero attached hydrogens (tertiary/aromatic N) is 1. The summed E-state index contributed by atoms with van der Waals surface area (Å²) in [6.45, 7) is 0. The normalized spacial score (nSPS) is 13.1. The van der Waals surface area contributed by atoms with Crippen LogP contribution in [0, 0.1) is 0 Å². The van der Waals surface area contributed by atoms with E-state index < -0.39 is 12.0 Å². The van der Waals surface area contributed by atoms with E-state index in [2.05, 4.69) is 0 Å². The minimum atomic E-state index is -1.46. The van der Waals surface area contributed by atoms with Gasteiger partial charge in [-0.3, -0.25) is 10.4 Å². The van der Waals surface area contributed by atoms with Crippen LogP contribution in [0.4, 0.5) is 0 Å². The van der Waals surface area contributed by atoms with Gasteiger partial charge in [0.05, 0.1) is 5.97 Å². The second-order valence-corrected chi connectivity index (χ2v) is 3.98. The Labute approximate surface area is 87.6 Å². The van der Waals surface area contributed by atoms with Crippen molar-refractivity contribution in [2.45, 2.75) is 31.7 Å². The van der Waals surface area contributed by atoms with Crippen molar-refractivity contribution in [2.24, 2.45) is 0 Å². The van der Waals surface area contributed by atoms with E-state index in [9.17, 15) is 9.90 Å². The first-order chi connectivity index (χ1) is 6.59. The molecule has 0 aromatic rings. The largest absolute Gasteiger partial charge is 0.548 e. The molecule has 0 rings (SSSR count). The van der Waals surface area contributed by atoms with E-state index in [0.717, 1.165) is 18.6 Å². The van der Waals surface area contributed by atoms with Gasteiger partial charge in [0, 0.05) is 0 Å². The first-order valence-corrected chi connectivity index (χ1v) is 5.85. The third-order valence-corrected chi connectivity index (χ3v) is 2.57. The number of carbonyl (C=O) groups is 1. The summed E-state index contributed by atoms with van der Waals surface area (Å²) in [4.78, 5) is 10.4. The molecule has 84 valence electrons. The monoisotopic (exact) mass is 222 g/mol. The fraction of sp³-hybridized carbons (Fsp3) is 0.875. The van der Waals surface area contributed by atoms with Gasteiger partial charge in [0.2, 0.25) is 0 Å². The van der Waals surface area contributed by atoms with E-state index in [1.807, 2.05) is 6.26 Å². The summed E-state index contributed by atoms with van der Waals surface area (Å²) < 4.78 is 0. The van der Waals surface area contributed by atoms with Crippen LogP contribution in [0.25, 0.3) is 0 Å². The van der Waals surface area contributed by atoms with E-state index in [1.54, 1.807) is 11.8 Å². The first kappa shape index (κ1) is 13.7. The van der Waals surface area contributed by atoms with Gasteiger partial charge in [0.25, 0.3) is 0 Å². The molecular weight excluding hydrogens is 206 g/mol. The van der Waals surface area contributed by atoms with Crippen LogP contribution >= 0.6 is 11.8 Å². The zero-order valence-corrected chi connectivity index (χ0v) is 9.00. The van der Waals surface area contributed by atoms with Crippen molar-refractivity contribution < 1.29 is 20.3 Å². The molecule has 0 heterocycles. The SMILES string of the molecule is CSCCCCCC(C(=O)[O-])N(O)O. The fourth-order valence-electron chi connectivity index (χ4n) is 1.09. The molecule has 0 aliphatic carbocycles. The second kappa shape index (κ2) is 8.05. The van der Waals surface area contributed by atoms with Gasteiger partial charge in [0.1, 0.15) is 6.04 Å². The van der Waals surface area contributed by atoms with Crippen molar-refractivity contribution in [2.75, 3.05) is 12.0 Å². The highest BCUT2D eigenvalue weighted by molar-refractivity contribution is 7.98. The highest BCUT2D eigenvalue weighted by Gasteiger charge is 2.15. The van der Waals surface area contributed by atoms with Gasteiger partial charge < -0.3 is 9.90 Å². The van der Waals surface area contributed by atoms with E-state index in [-0.39, 0.29) is 11.6 Å². The average Bonchev–Trinajstić information content (AvgIpc) is 2.09. The molecule has 5 nitrogen and oxygen atoms in total. The number of aliphatic carboxylic acids is 1. The third kappa shape index (κ3) is 6.20. The summed E-state index contributed by atoms with van der Waals surface area (Å²) in [6.07, 6.45) is 4.75. The van der Waals surface area contributed by atoms with Crippen molar-refractivity contribution in [3.05, 3.63) is 0 Å². The number of carbonyl (C=O) groups excluding carboxylic acids is 1. The molecule has 2 N–H and O–H groups in total. The zero-order valence-electron chi connectivity index (χ0n) is 8.18. The van der Waals surface area contributed by atoms with Crippen LogP contribution in [0.2, 0.25) is 0 Å². The Hall–Kier alpha value is -0.300. The molecule has 0 bridgehead atoms. The number of carboxylic acids is 1. The Morgan fingerprint density at radius 2 is 2.07 bits per heavy atom. The second-order valence-electron chi connectivity index (χ2n) is 3.00. The van der Waals surface area contributed by atoms with Gasteiger partial charge >= 0.3 is 0 Å². The number of hydrogen-bond acceptors (Lipinski definition) is 6. The molecule has 0 radical (unpaired) electrons. The molecular formula is C8H16NO4S-. The molecule has 14 heavy (non-hydrogen) atoms. The van der Waals surface area contributed by atoms with Crippen LogP contribution in [0.15, 0.2) is 0 Å². The fourth-order valence-corrected chi connectivity index (χ4v) is 1.58. The maximum absolute atomic E-state index is 10.4. The van der Waals surface area contributed by atoms with Crippen LogP contribution in [0.3, 0.4) is 0 Å². The molecule has 0 fully saturated rings. The van der Waals surface area contributed by atoms with Crippen LogP contribution < -0.4 is 5.11 Å². The van der Waals surface area contributed by atoms with Crippen LogP contribution in [-0.2, 0) is 4.79 Å². The Bertz CT molecular complexity index is 165. The van der Waals surface area contributed by atoms with Crippen molar-refractivity contribution in [1.82, 2.24) is 5.23 Å². The molecule has 0 saturated heterocycles. The van der Waals surface area contributed by atoms with Crippen LogP contribution in [0.1, 0.15) is 25.7 Å². The predicted molar refractivity (Wildman–Crippen MR) is 51.1 cm³/mol. The molecule has 0 spiro atoms. The van der Waals surface area contributed by atoms with Gasteiger partial charge in [-0.1, -0.05) is 18.1 Å². The molecule has 0 aromatic carbocycles. The number of rotatable bonds is 8. The van der Waals surface area contributed by atoms with Gasteiger partial charge in [-0.2, -0.15) is 11.8 Å². The summed E-state index contributed by atoms with van der Waals surface area (Å²) in [7, 11) is 0. The van der Waals surface area contributed by atoms with Crippen molar-refractivity contribution in [1.29, 1.82) is 0 Å². The maximum atomic E-state index is 10.4. The van der Waals surface area contributed by atoms with Crippen LogP contribution in [-0.4, -0.2) is 39.7 Å². The maximum Gasteiger partial charge on any atom is 0.102 e. The molecule has 0 amide bonds. The lowest BCUT2D eigenvalue weighted by Crippen LogP contribution is -2.45. The number of thioether (sulfide) groups is 1. The number of hydrogen-bond donors (Lipinski definition) is 2. The number of unbranched alkanes of at least 4 members (excludes halogenated alkanes) is 2. The number of carboxylic acid groups (broad SMARTS) is 1. The Balaban J connectivity index is 3.57. The zero-order chi connectivity index (χ0) is 11.0.